The second kappa shape index (κ2) is 3.96. The van der Waals surface area contributed by atoms with Gasteiger partial charge in [-0.1, -0.05) is 0 Å². The Morgan fingerprint density at radius 1 is 1.43 bits per heavy atom. The minimum absolute atomic E-state index is 0.443. The third-order valence-corrected chi connectivity index (χ3v) is 2.88. The van der Waals surface area contributed by atoms with Gasteiger partial charge in [-0.05, 0) is 45.1 Å². The van der Waals surface area contributed by atoms with E-state index in [1.54, 1.807) is 6.07 Å². The van der Waals surface area contributed by atoms with Crippen molar-refractivity contribution in [2.24, 2.45) is 0 Å². The van der Waals surface area contributed by atoms with Crippen molar-refractivity contribution < 1.29 is 9.21 Å². The zero-order chi connectivity index (χ0) is 9.97. The van der Waals surface area contributed by atoms with Gasteiger partial charge in [0.25, 0.3) is 0 Å². The van der Waals surface area contributed by atoms with Crippen LogP contribution < -0.4 is 0 Å². The first kappa shape index (κ1) is 9.46. The molecule has 1 aliphatic rings. The SMILES string of the molecule is CN1CCC(c2ccc(C=O)o2)CC1. The van der Waals surface area contributed by atoms with E-state index in [0.29, 0.717) is 11.7 Å². The van der Waals surface area contributed by atoms with Crippen molar-refractivity contribution in [3.05, 3.63) is 23.7 Å². The van der Waals surface area contributed by atoms with Gasteiger partial charge in [-0.25, -0.2) is 0 Å². The van der Waals surface area contributed by atoms with Crippen molar-refractivity contribution >= 4 is 6.29 Å². The maximum Gasteiger partial charge on any atom is 0.185 e. The number of aldehydes is 1. The van der Waals surface area contributed by atoms with Gasteiger partial charge in [-0.15, -0.1) is 0 Å². The van der Waals surface area contributed by atoms with E-state index in [-0.39, 0.29) is 0 Å². The van der Waals surface area contributed by atoms with Crippen molar-refractivity contribution in [2.45, 2.75) is 18.8 Å². The van der Waals surface area contributed by atoms with Gasteiger partial charge in [0, 0.05) is 5.92 Å². The minimum atomic E-state index is 0.443. The molecule has 0 unspecified atom stereocenters. The number of hydrogen-bond acceptors (Lipinski definition) is 3. The molecule has 0 radical (unpaired) electrons. The molecule has 2 heterocycles. The Morgan fingerprint density at radius 3 is 2.71 bits per heavy atom. The number of rotatable bonds is 2. The highest BCUT2D eigenvalue weighted by Gasteiger charge is 2.20. The highest BCUT2D eigenvalue weighted by atomic mass is 16.3. The van der Waals surface area contributed by atoms with Gasteiger partial charge in [0.2, 0.25) is 0 Å². The van der Waals surface area contributed by atoms with Gasteiger partial charge in [-0.3, -0.25) is 4.79 Å². The van der Waals surface area contributed by atoms with E-state index in [4.69, 9.17) is 4.42 Å². The number of piperidine rings is 1. The van der Waals surface area contributed by atoms with E-state index >= 15 is 0 Å². The summed E-state index contributed by atoms with van der Waals surface area (Å²) < 4.78 is 5.42. The summed E-state index contributed by atoms with van der Waals surface area (Å²) in [4.78, 5) is 12.8. The molecular weight excluding hydrogens is 178 g/mol. The third-order valence-electron chi connectivity index (χ3n) is 2.88. The van der Waals surface area contributed by atoms with E-state index in [0.717, 1.165) is 38.0 Å². The highest BCUT2D eigenvalue weighted by molar-refractivity contribution is 5.70. The lowest BCUT2D eigenvalue weighted by atomic mass is 9.95. The molecule has 14 heavy (non-hydrogen) atoms. The standard InChI is InChI=1S/C11H15NO2/c1-12-6-4-9(5-7-12)11-3-2-10(8-13)14-11/h2-3,8-9H,4-7H2,1H3. The summed E-state index contributed by atoms with van der Waals surface area (Å²) in [6.07, 6.45) is 3.02. The average molecular weight is 193 g/mol. The van der Waals surface area contributed by atoms with Crippen LogP contribution in [0.2, 0.25) is 0 Å². The van der Waals surface area contributed by atoms with Crippen LogP contribution in [0.4, 0.5) is 0 Å². The Bertz CT molecular complexity index is 311. The van der Waals surface area contributed by atoms with Gasteiger partial charge in [-0.2, -0.15) is 0 Å². The summed E-state index contributed by atoms with van der Waals surface area (Å²) in [7, 11) is 2.13. The Morgan fingerprint density at radius 2 is 2.14 bits per heavy atom. The van der Waals surface area contributed by atoms with Gasteiger partial charge >= 0.3 is 0 Å². The normalized spacial score (nSPS) is 19.8. The molecule has 0 bridgehead atoms. The number of hydrogen-bond donors (Lipinski definition) is 0. The molecule has 3 heteroatoms. The molecule has 76 valence electrons. The van der Waals surface area contributed by atoms with Gasteiger partial charge in [0.1, 0.15) is 5.76 Å². The Hall–Kier alpha value is -1.09. The summed E-state index contributed by atoms with van der Waals surface area (Å²) in [5.74, 6) is 1.92. The zero-order valence-electron chi connectivity index (χ0n) is 8.40. The smallest absolute Gasteiger partial charge is 0.185 e. The van der Waals surface area contributed by atoms with Crippen molar-refractivity contribution in [3.63, 3.8) is 0 Å². The molecule has 0 aromatic carbocycles. The van der Waals surface area contributed by atoms with Crippen LogP contribution >= 0.6 is 0 Å². The average Bonchev–Trinajstić information content (AvgIpc) is 2.67. The summed E-state index contributed by atoms with van der Waals surface area (Å²) in [5.41, 5.74) is 0. The second-order valence-electron chi connectivity index (χ2n) is 3.94. The largest absolute Gasteiger partial charge is 0.458 e. The molecule has 3 nitrogen and oxygen atoms in total. The molecule has 0 N–H and O–H groups in total. The van der Waals surface area contributed by atoms with E-state index in [9.17, 15) is 4.79 Å². The van der Waals surface area contributed by atoms with E-state index in [2.05, 4.69) is 11.9 Å². The van der Waals surface area contributed by atoms with Gasteiger partial charge < -0.3 is 9.32 Å². The molecule has 0 atom stereocenters. The van der Waals surface area contributed by atoms with E-state index < -0.39 is 0 Å². The van der Waals surface area contributed by atoms with Crippen LogP contribution in [0.1, 0.15) is 35.1 Å². The fraction of sp³-hybridized carbons (Fsp3) is 0.545. The molecule has 0 saturated carbocycles. The number of nitrogens with zero attached hydrogens (tertiary/aromatic N) is 1. The predicted octanol–water partition coefficient (Wildman–Crippen LogP) is 1.90. The number of carbonyl (C=O) groups is 1. The predicted molar refractivity (Wildman–Crippen MR) is 53.6 cm³/mol. The first-order valence-electron chi connectivity index (χ1n) is 5.03. The van der Waals surface area contributed by atoms with Crippen LogP contribution in [-0.4, -0.2) is 31.3 Å². The maximum absolute atomic E-state index is 10.5. The van der Waals surface area contributed by atoms with Gasteiger partial charge in [0.15, 0.2) is 12.0 Å². The van der Waals surface area contributed by atoms with Crippen LogP contribution in [0.25, 0.3) is 0 Å². The second-order valence-corrected chi connectivity index (χ2v) is 3.94. The highest BCUT2D eigenvalue weighted by Crippen LogP contribution is 2.28. The third kappa shape index (κ3) is 1.87. The minimum Gasteiger partial charge on any atom is -0.458 e. The van der Waals surface area contributed by atoms with Crippen molar-refractivity contribution in [2.75, 3.05) is 20.1 Å². The van der Waals surface area contributed by atoms with E-state index in [1.165, 1.54) is 0 Å². The lowest BCUT2D eigenvalue weighted by Gasteiger charge is -2.27. The number of likely N-dealkylation sites (tertiary alicyclic amines) is 1. The fourth-order valence-electron chi connectivity index (χ4n) is 1.94. The van der Waals surface area contributed by atoms with Gasteiger partial charge in [0.05, 0.1) is 0 Å². The quantitative estimate of drug-likeness (QED) is 0.673. The molecule has 0 spiro atoms. The van der Waals surface area contributed by atoms with Crippen LogP contribution in [-0.2, 0) is 0 Å². The van der Waals surface area contributed by atoms with Crippen LogP contribution in [0, 0.1) is 0 Å². The zero-order valence-corrected chi connectivity index (χ0v) is 8.40. The van der Waals surface area contributed by atoms with Crippen molar-refractivity contribution in [1.82, 2.24) is 4.90 Å². The van der Waals surface area contributed by atoms with Crippen LogP contribution in [0.5, 0.6) is 0 Å². The Kier molecular flexibility index (Phi) is 2.68. The summed E-state index contributed by atoms with van der Waals surface area (Å²) in [6, 6.07) is 3.68. The summed E-state index contributed by atoms with van der Waals surface area (Å²) in [5, 5.41) is 0. The molecule has 0 amide bonds. The molecule has 1 saturated heterocycles. The van der Waals surface area contributed by atoms with E-state index in [1.807, 2.05) is 6.07 Å². The fourth-order valence-corrected chi connectivity index (χ4v) is 1.94. The van der Waals surface area contributed by atoms with Crippen LogP contribution in [0.3, 0.4) is 0 Å². The maximum atomic E-state index is 10.5. The number of furan rings is 1. The molecular formula is C11H15NO2. The Labute approximate surface area is 83.7 Å². The molecule has 1 aromatic rings. The topological polar surface area (TPSA) is 33.5 Å². The van der Waals surface area contributed by atoms with Crippen molar-refractivity contribution in [1.29, 1.82) is 0 Å². The number of carbonyl (C=O) groups excluding carboxylic acids is 1. The Balaban J connectivity index is 2.04. The molecule has 0 aliphatic carbocycles. The molecule has 1 aliphatic heterocycles. The first-order valence-corrected chi connectivity index (χ1v) is 5.03. The summed E-state index contributed by atoms with van der Waals surface area (Å²) in [6.45, 7) is 2.23. The summed E-state index contributed by atoms with van der Waals surface area (Å²) >= 11 is 0. The lowest BCUT2D eigenvalue weighted by Crippen LogP contribution is -2.29. The lowest BCUT2D eigenvalue weighted by molar-refractivity contribution is 0.109. The monoisotopic (exact) mass is 193 g/mol. The van der Waals surface area contributed by atoms with Crippen molar-refractivity contribution in [3.8, 4) is 0 Å². The molecule has 2 rings (SSSR count). The first-order chi connectivity index (χ1) is 6.79. The molecule has 1 fully saturated rings. The molecule has 1 aromatic heterocycles. The van der Waals surface area contributed by atoms with Crippen LogP contribution in [0.15, 0.2) is 16.5 Å².